The molecule has 18 heavy (non-hydrogen) atoms. The number of benzene rings is 1. The number of amidine groups is 1. The number of anilines is 1. The SMILES string of the molecule is CC1Oc2ccc(N)cc2N=C1N1CCNCC1. The van der Waals surface area contributed by atoms with Crippen molar-refractivity contribution < 1.29 is 4.74 Å². The number of nitrogens with two attached hydrogens (primary N) is 1. The summed E-state index contributed by atoms with van der Waals surface area (Å²) in [6.07, 6.45) is -0.000718. The molecule has 5 heteroatoms. The minimum atomic E-state index is -0.000718. The Morgan fingerprint density at radius 1 is 1.39 bits per heavy atom. The summed E-state index contributed by atoms with van der Waals surface area (Å²) in [7, 11) is 0. The Labute approximate surface area is 107 Å². The normalized spacial score (nSPS) is 23.1. The molecule has 2 aliphatic rings. The van der Waals surface area contributed by atoms with Crippen LogP contribution in [0.2, 0.25) is 0 Å². The molecule has 1 aromatic rings. The van der Waals surface area contributed by atoms with Crippen LogP contribution in [-0.2, 0) is 0 Å². The minimum absolute atomic E-state index is 0.000718. The first kappa shape index (κ1) is 11.3. The van der Waals surface area contributed by atoms with Gasteiger partial charge >= 0.3 is 0 Å². The smallest absolute Gasteiger partial charge is 0.153 e. The maximum atomic E-state index is 5.90. The van der Waals surface area contributed by atoms with Crippen LogP contribution < -0.4 is 15.8 Å². The maximum Gasteiger partial charge on any atom is 0.153 e. The molecule has 0 amide bonds. The fraction of sp³-hybridized carbons (Fsp3) is 0.462. The number of hydrogen-bond donors (Lipinski definition) is 2. The monoisotopic (exact) mass is 246 g/mol. The van der Waals surface area contributed by atoms with Crippen molar-refractivity contribution in [2.24, 2.45) is 4.99 Å². The van der Waals surface area contributed by atoms with Crippen LogP contribution in [0.25, 0.3) is 0 Å². The van der Waals surface area contributed by atoms with Crippen LogP contribution in [0.1, 0.15) is 6.92 Å². The second kappa shape index (κ2) is 4.49. The van der Waals surface area contributed by atoms with E-state index >= 15 is 0 Å². The molecule has 1 unspecified atom stereocenters. The van der Waals surface area contributed by atoms with Gasteiger partial charge in [-0.25, -0.2) is 4.99 Å². The summed E-state index contributed by atoms with van der Waals surface area (Å²) in [5, 5.41) is 3.34. The van der Waals surface area contributed by atoms with E-state index in [4.69, 9.17) is 15.5 Å². The highest BCUT2D eigenvalue weighted by Crippen LogP contribution is 2.34. The Morgan fingerprint density at radius 3 is 2.94 bits per heavy atom. The number of ether oxygens (including phenoxy) is 1. The molecular formula is C13H18N4O. The average molecular weight is 246 g/mol. The number of piperazine rings is 1. The van der Waals surface area contributed by atoms with Crippen LogP contribution in [0.3, 0.4) is 0 Å². The third-order valence-electron chi connectivity index (χ3n) is 3.33. The van der Waals surface area contributed by atoms with Gasteiger partial charge in [0.25, 0.3) is 0 Å². The highest BCUT2D eigenvalue weighted by atomic mass is 16.5. The van der Waals surface area contributed by atoms with E-state index in [9.17, 15) is 0 Å². The van der Waals surface area contributed by atoms with Gasteiger partial charge in [0.2, 0.25) is 0 Å². The Bertz CT molecular complexity index is 480. The minimum Gasteiger partial charge on any atom is -0.481 e. The number of fused-ring (bicyclic) bond motifs is 1. The highest BCUT2D eigenvalue weighted by Gasteiger charge is 2.26. The van der Waals surface area contributed by atoms with Gasteiger partial charge in [0, 0.05) is 31.9 Å². The lowest BCUT2D eigenvalue weighted by atomic mass is 10.2. The van der Waals surface area contributed by atoms with Gasteiger partial charge in [-0.2, -0.15) is 0 Å². The summed E-state index contributed by atoms with van der Waals surface area (Å²) in [6.45, 7) is 5.99. The Hall–Kier alpha value is -1.75. The second-order valence-electron chi connectivity index (χ2n) is 4.69. The van der Waals surface area contributed by atoms with Crippen LogP contribution in [0, 0.1) is 0 Å². The number of nitrogens with zero attached hydrogens (tertiary/aromatic N) is 2. The van der Waals surface area contributed by atoms with Crippen LogP contribution in [0.15, 0.2) is 23.2 Å². The molecule has 96 valence electrons. The summed E-state index contributed by atoms with van der Waals surface area (Å²) in [5.74, 6) is 1.82. The van der Waals surface area contributed by atoms with Crippen molar-refractivity contribution in [2.45, 2.75) is 13.0 Å². The lowest BCUT2D eigenvalue weighted by Crippen LogP contribution is -2.50. The van der Waals surface area contributed by atoms with Crippen molar-refractivity contribution in [3.05, 3.63) is 18.2 Å². The quantitative estimate of drug-likeness (QED) is 0.670. The summed E-state index contributed by atoms with van der Waals surface area (Å²) >= 11 is 0. The van der Waals surface area contributed by atoms with E-state index in [-0.39, 0.29) is 6.10 Å². The van der Waals surface area contributed by atoms with E-state index in [1.165, 1.54) is 0 Å². The topological polar surface area (TPSA) is 62.9 Å². The van der Waals surface area contributed by atoms with Crippen molar-refractivity contribution in [3.63, 3.8) is 0 Å². The third kappa shape index (κ3) is 2.01. The molecule has 0 saturated carbocycles. The molecule has 2 aliphatic heterocycles. The van der Waals surface area contributed by atoms with E-state index < -0.39 is 0 Å². The lowest BCUT2D eigenvalue weighted by Gasteiger charge is -2.35. The maximum absolute atomic E-state index is 5.90. The fourth-order valence-corrected chi connectivity index (χ4v) is 2.40. The fourth-order valence-electron chi connectivity index (χ4n) is 2.40. The van der Waals surface area contributed by atoms with Gasteiger partial charge in [0.1, 0.15) is 17.3 Å². The number of hydrogen-bond acceptors (Lipinski definition) is 5. The first-order valence-corrected chi connectivity index (χ1v) is 6.34. The van der Waals surface area contributed by atoms with Crippen molar-refractivity contribution in [1.82, 2.24) is 10.2 Å². The van der Waals surface area contributed by atoms with Crippen LogP contribution in [-0.4, -0.2) is 43.0 Å². The summed E-state index contributed by atoms with van der Waals surface area (Å²) < 4.78 is 5.90. The molecule has 1 saturated heterocycles. The van der Waals surface area contributed by atoms with Gasteiger partial charge in [-0.3, -0.25) is 0 Å². The zero-order valence-electron chi connectivity index (χ0n) is 10.5. The molecule has 0 bridgehead atoms. The highest BCUT2D eigenvalue weighted by molar-refractivity contribution is 5.91. The molecule has 3 N–H and O–H groups in total. The van der Waals surface area contributed by atoms with Gasteiger partial charge in [0.15, 0.2) is 6.10 Å². The standard InChI is InChI=1S/C13H18N4O/c1-9-13(17-6-4-15-5-7-17)16-11-8-10(14)2-3-12(11)18-9/h2-3,8-9,15H,4-7,14H2,1H3. The van der Waals surface area contributed by atoms with E-state index in [2.05, 4.69) is 10.2 Å². The van der Waals surface area contributed by atoms with Gasteiger partial charge in [0.05, 0.1) is 0 Å². The van der Waals surface area contributed by atoms with Crippen molar-refractivity contribution in [1.29, 1.82) is 0 Å². The Morgan fingerprint density at radius 2 is 2.17 bits per heavy atom. The molecule has 0 aliphatic carbocycles. The van der Waals surface area contributed by atoms with Crippen molar-refractivity contribution in [2.75, 3.05) is 31.9 Å². The molecule has 5 nitrogen and oxygen atoms in total. The van der Waals surface area contributed by atoms with Gasteiger partial charge in [-0.05, 0) is 25.1 Å². The summed E-state index contributed by atoms with van der Waals surface area (Å²) in [6, 6.07) is 5.60. The van der Waals surface area contributed by atoms with Crippen molar-refractivity contribution in [3.8, 4) is 5.75 Å². The van der Waals surface area contributed by atoms with Gasteiger partial charge in [-0.15, -0.1) is 0 Å². The molecule has 2 heterocycles. The largest absolute Gasteiger partial charge is 0.481 e. The average Bonchev–Trinajstić information content (AvgIpc) is 2.39. The molecule has 0 aromatic heterocycles. The Kier molecular flexibility index (Phi) is 2.83. The van der Waals surface area contributed by atoms with Gasteiger partial charge in [-0.1, -0.05) is 0 Å². The van der Waals surface area contributed by atoms with Crippen molar-refractivity contribution >= 4 is 17.2 Å². The number of rotatable bonds is 0. The zero-order valence-corrected chi connectivity index (χ0v) is 10.5. The first-order chi connectivity index (χ1) is 8.74. The molecule has 1 fully saturated rings. The van der Waals surface area contributed by atoms with Crippen LogP contribution >= 0.6 is 0 Å². The van der Waals surface area contributed by atoms with Crippen LogP contribution in [0.5, 0.6) is 5.75 Å². The number of aliphatic imine (C=N–C) groups is 1. The van der Waals surface area contributed by atoms with E-state index in [1.54, 1.807) is 0 Å². The summed E-state index contributed by atoms with van der Waals surface area (Å²) in [4.78, 5) is 7.01. The predicted octanol–water partition coefficient (Wildman–Crippen LogP) is 0.985. The predicted molar refractivity (Wildman–Crippen MR) is 72.5 cm³/mol. The number of nitrogen functional groups attached to an aromatic ring is 1. The molecule has 0 radical (unpaired) electrons. The zero-order chi connectivity index (χ0) is 12.5. The number of nitrogens with one attached hydrogen (secondary N) is 1. The van der Waals surface area contributed by atoms with Gasteiger partial charge < -0.3 is 20.7 Å². The molecule has 0 spiro atoms. The molecule has 3 rings (SSSR count). The lowest BCUT2D eigenvalue weighted by molar-refractivity contribution is 0.245. The second-order valence-corrected chi connectivity index (χ2v) is 4.69. The molecule has 1 atom stereocenters. The Balaban J connectivity index is 1.93. The van der Waals surface area contributed by atoms with E-state index in [0.29, 0.717) is 0 Å². The van der Waals surface area contributed by atoms with E-state index in [0.717, 1.165) is 49.1 Å². The van der Waals surface area contributed by atoms with E-state index in [1.807, 2.05) is 25.1 Å². The summed E-state index contributed by atoms with van der Waals surface area (Å²) in [5.41, 5.74) is 7.34. The van der Waals surface area contributed by atoms with Crippen LogP contribution in [0.4, 0.5) is 11.4 Å². The molecular weight excluding hydrogens is 228 g/mol. The molecule has 1 aromatic carbocycles. The first-order valence-electron chi connectivity index (χ1n) is 6.34. The third-order valence-corrected chi connectivity index (χ3v) is 3.33.